The van der Waals surface area contributed by atoms with Gasteiger partial charge >= 0.3 is 0 Å². The summed E-state index contributed by atoms with van der Waals surface area (Å²) in [6, 6.07) is 21.8. The topological polar surface area (TPSA) is 75.8 Å². The van der Waals surface area contributed by atoms with Crippen molar-refractivity contribution >= 4 is 33.9 Å². The second-order valence-electron chi connectivity index (χ2n) is 9.25. The number of anilines is 1. The van der Waals surface area contributed by atoms with Crippen LogP contribution in [0.1, 0.15) is 23.6 Å². The van der Waals surface area contributed by atoms with Gasteiger partial charge in [0.15, 0.2) is 16.6 Å². The van der Waals surface area contributed by atoms with Gasteiger partial charge in [0.1, 0.15) is 19.0 Å². The molecule has 7 nitrogen and oxygen atoms in total. The number of hydrogen-bond donors (Lipinski definition) is 2. The minimum absolute atomic E-state index is 0.154. The number of rotatable bonds is 8. The summed E-state index contributed by atoms with van der Waals surface area (Å²) in [4.78, 5) is 18.1. The number of nitrogens with zero attached hydrogens (tertiary/aromatic N) is 1. The number of thiocarbonyl (C=S) groups is 1. The maximum Gasteiger partial charge on any atom is 0.253 e. The number of fused-ring (bicyclic) bond motifs is 2. The van der Waals surface area contributed by atoms with Gasteiger partial charge < -0.3 is 29.4 Å². The van der Waals surface area contributed by atoms with Crippen molar-refractivity contribution in [3.63, 3.8) is 0 Å². The molecule has 0 spiro atoms. The molecule has 0 saturated carbocycles. The highest BCUT2D eigenvalue weighted by Gasteiger charge is 2.17. The molecule has 1 aliphatic heterocycles. The fourth-order valence-corrected chi connectivity index (χ4v) is 4.77. The summed E-state index contributed by atoms with van der Waals surface area (Å²) in [5.74, 6) is 2.14. The molecule has 0 saturated heterocycles. The Morgan fingerprint density at radius 1 is 1.05 bits per heavy atom. The summed E-state index contributed by atoms with van der Waals surface area (Å²) < 4.78 is 17.0. The maximum atomic E-state index is 13.1. The highest BCUT2D eigenvalue weighted by molar-refractivity contribution is 7.80. The summed E-state index contributed by atoms with van der Waals surface area (Å²) in [6.07, 6.45) is 0.789. The van der Waals surface area contributed by atoms with Crippen molar-refractivity contribution in [1.82, 2.24) is 9.88 Å². The van der Waals surface area contributed by atoms with Crippen LogP contribution in [0.4, 0.5) is 5.69 Å². The molecule has 3 aromatic carbocycles. The predicted octanol–water partition coefficient (Wildman–Crippen LogP) is 5.45. The number of hydrogen-bond acceptors (Lipinski definition) is 5. The lowest BCUT2D eigenvalue weighted by Gasteiger charge is -2.26. The van der Waals surface area contributed by atoms with Crippen LogP contribution >= 0.6 is 12.2 Å². The first-order chi connectivity index (χ1) is 18.5. The Kier molecular flexibility index (Phi) is 7.79. The van der Waals surface area contributed by atoms with Gasteiger partial charge in [-0.1, -0.05) is 29.8 Å². The summed E-state index contributed by atoms with van der Waals surface area (Å²) in [5.41, 5.74) is 4.46. The third-order valence-corrected chi connectivity index (χ3v) is 6.76. The van der Waals surface area contributed by atoms with Crippen LogP contribution in [-0.2, 0) is 13.0 Å². The lowest BCUT2D eigenvalue weighted by molar-refractivity contribution is 0.172. The van der Waals surface area contributed by atoms with Crippen molar-refractivity contribution < 1.29 is 14.2 Å². The quantitative estimate of drug-likeness (QED) is 0.294. The molecule has 0 atom stereocenters. The van der Waals surface area contributed by atoms with E-state index in [0.717, 1.165) is 23.2 Å². The number of pyridine rings is 1. The molecular weight excluding hydrogens is 498 g/mol. The van der Waals surface area contributed by atoms with E-state index in [9.17, 15) is 4.79 Å². The van der Waals surface area contributed by atoms with Crippen LogP contribution in [0.5, 0.6) is 17.2 Å². The van der Waals surface area contributed by atoms with Gasteiger partial charge in [0.2, 0.25) is 0 Å². The van der Waals surface area contributed by atoms with Crippen molar-refractivity contribution in [2.75, 3.05) is 31.7 Å². The fourth-order valence-electron chi connectivity index (χ4n) is 4.50. The second kappa shape index (κ2) is 11.6. The van der Waals surface area contributed by atoms with E-state index in [2.05, 4.69) is 41.5 Å². The van der Waals surface area contributed by atoms with Crippen LogP contribution in [0.15, 0.2) is 71.5 Å². The number of H-pyrrole nitrogens is 1. The van der Waals surface area contributed by atoms with Crippen molar-refractivity contribution in [2.45, 2.75) is 26.8 Å². The van der Waals surface area contributed by atoms with Crippen LogP contribution in [0.2, 0.25) is 0 Å². The Balaban J connectivity index is 1.40. The first kappa shape index (κ1) is 25.6. The Morgan fingerprint density at radius 3 is 2.55 bits per heavy atom. The van der Waals surface area contributed by atoms with E-state index in [0.29, 0.717) is 60.6 Å². The van der Waals surface area contributed by atoms with Crippen molar-refractivity contribution in [1.29, 1.82) is 0 Å². The first-order valence-electron chi connectivity index (χ1n) is 12.8. The van der Waals surface area contributed by atoms with Crippen LogP contribution in [0.25, 0.3) is 10.9 Å². The van der Waals surface area contributed by atoms with E-state index in [1.165, 1.54) is 11.1 Å². The predicted molar refractivity (Wildman–Crippen MR) is 155 cm³/mol. The van der Waals surface area contributed by atoms with Crippen molar-refractivity contribution in [3.8, 4) is 17.2 Å². The minimum Gasteiger partial charge on any atom is -0.494 e. The zero-order chi connectivity index (χ0) is 26.5. The van der Waals surface area contributed by atoms with Gasteiger partial charge in [-0.2, -0.15) is 0 Å². The molecule has 0 unspecified atom stereocenters. The third-order valence-electron chi connectivity index (χ3n) is 6.40. The number of ether oxygens (including phenoxy) is 3. The molecule has 0 aliphatic carbocycles. The van der Waals surface area contributed by atoms with E-state index in [1.54, 1.807) is 0 Å². The molecule has 2 heterocycles. The molecule has 0 radical (unpaired) electrons. The Morgan fingerprint density at radius 2 is 1.82 bits per heavy atom. The van der Waals surface area contributed by atoms with Crippen LogP contribution in [0, 0.1) is 6.92 Å². The molecule has 0 amide bonds. The summed E-state index contributed by atoms with van der Waals surface area (Å²) in [7, 11) is 0. The van der Waals surface area contributed by atoms with Crippen LogP contribution < -0.4 is 25.1 Å². The molecule has 38 heavy (non-hydrogen) atoms. The zero-order valence-electron chi connectivity index (χ0n) is 21.6. The molecule has 0 fully saturated rings. The normalized spacial score (nSPS) is 12.3. The Labute approximate surface area is 227 Å². The molecule has 0 bridgehead atoms. The highest BCUT2D eigenvalue weighted by atomic mass is 32.1. The standard InChI is InChI=1S/C30H31N3O4S/c1-3-35-25-9-7-24(8-10-25)31-30(38)33(12-11-21-6-4-5-20(2)15-21)19-23-16-22-17-27-28(37-14-13-36-27)18-26(22)32-29(23)34/h4-10,15-18H,3,11-14,19H2,1-2H3,(H,31,38)(H,32,34). The highest BCUT2D eigenvalue weighted by Crippen LogP contribution is 2.33. The van der Waals surface area contributed by atoms with Gasteiger partial charge in [-0.3, -0.25) is 4.79 Å². The van der Waals surface area contributed by atoms with Gasteiger partial charge in [-0.25, -0.2) is 0 Å². The van der Waals surface area contributed by atoms with Crippen molar-refractivity contribution in [2.24, 2.45) is 0 Å². The van der Waals surface area contributed by atoms with E-state index < -0.39 is 0 Å². The number of nitrogens with one attached hydrogen (secondary N) is 2. The van der Waals surface area contributed by atoms with Crippen molar-refractivity contribution in [3.05, 3.63) is 93.8 Å². The average Bonchev–Trinajstić information content (AvgIpc) is 2.91. The molecule has 2 N–H and O–H groups in total. The molecule has 1 aromatic heterocycles. The lowest BCUT2D eigenvalue weighted by Crippen LogP contribution is -2.37. The summed E-state index contributed by atoms with van der Waals surface area (Å²) in [6.45, 7) is 6.65. The van der Waals surface area contributed by atoms with Gasteiger partial charge in [-0.05, 0) is 74.4 Å². The number of aryl methyl sites for hydroxylation is 1. The van der Waals surface area contributed by atoms with Gasteiger partial charge in [-0.15, -0.1) is 0 Å². The first-order valence-corrected chi connectivity index (χ1v) is 13.2. The van der Waals surface area contributed by atoms with Crippen LogP contribution in [-0.4, -0.2) is 41.4 Å². The molecule has 196 valence electrons. The van der Waals surface area contributed by atoms with Crippen LogP contribution in [0.3, 0.4) is 0 Å². The zero-order valence-corrected chi connectivity index (χ0v) is 22.4. The second-order valence-corrected chi connectivity index (χ2v) is 9.64. The molecule has 4 aromatic rings. The molecular formula is C30H31N3O4S. The Bertz CT molecular complexity index is 1500. The fraction of sp³-hybridized carbons (Fsp3) is 0.267. The van der Waals surface area contributed by atoms with E-state index in [-0.39, 0.29) is 5.56 Å². The molecule has 1 aliphatic rings. The third kappa shape index (κ3) is 6.08. The maximum absolute atomic E-state index is 13.1. The van der Waals surface area contributed by atoms with E-state index in [4.69, 9.17) is 26.4 Å². The largest absolute Gasteiger partial charge is 0.494 e. The Hall–Kier alpha value is -4.04. The van der Waals surface area contributed by atoms with Gasteiger partial charge in [0.25, 0.3) is 5.56 Å². The smallest absolute Gasteiger partial charge is 0.253 e. The monoisotopic (exact) mass is 529 g/mol. The average molecular weight is 530 g/mol. The van der Waals surface area contributed by atoms with Gasteiger partial charge in [0.05, 0.1) is 18.7 Å². The molecule has 8 heteroatoms. The number of aromatic amines is 1. The van der Waals surface area contributed by atoms with E-state index >= 15 is 0 Å². The van der Waals surface area contributed by atoms with E-state index in [1.807, 2.05) is 54.3 Å². The number of aromatic nitrogens is 1. The minimum atomic E-state index is -0.154. The summed E-state index contributed by atoms with van der Waals surface area (Å²) >= 11 is 5.84. The SMILES string of the molecule is CCOc1ccc(NC(=S)N(CCc2cccc(C)c2)Cc2cc3cc4c(cc3[nH]c2=O)OCCO4)cc1. The number of benzene rings is 3. The molecule has 5 rings (SSSR count). The lowest BCUT2D eigenvalue weighted by atomic mass is 10.1. The summed E-state index contributed by atoms with van der Waals surface area (Å²) in [5, 5.41) is 4.76. The van der Waals surface area contributed by atoms with Gasteiger partial charge in [0, 0.05) is 29.2 Å².